The fraction of sp³-hybridized carbons (Fsp3) is 0.444. The van der Waals surface area contributed by atoms with E-state index in [1.807, 2.05) is 36.1 Å². The molecule has 0 saturated carbocycles. The highest BCUT2D eigenvalue weighted by Gasteiger charge is 2.25. The van der Waals surface area contributed by atoms with Gasteiger partial charge in [0.1, 0.15) is 5.75 Å². The molecule has 5 heteroatoms. The molecule has 0 bridgehead atoms. The highest BCUT2D eigenvalue weighted by molar-refractivity contribution is 5.92. The van der Waals surface area contributed by atoms with Crippen molar-refractivity contribution < 1.29 is 9.53 Å². The molecule has 0 N–H and O–H groups in total. The molecule has 23 heavy (non-hydrogen) atoms. The minimum absolute atomic E-state index is 0.0202. The van der Waals surface area contributed by atoms with Gasteiger partial charge in [-0.3, -0.25) is 4.79 Å². The first-order valence-electron chi connectivity index (χ1n) is 8.18. The van der Waals surface area contributed by atoms with Crippen LogP contribution in [0, 0.1) is 6.92 Å². The summed E-state index contributed by atoms with van der Waals surface area (Å²) in [6, 6.07) is 9.92. The minimum Gasteiger partial charge on any atom is -0.471 e. The zero-order valence-corrected chi connectivity index (χ0v) is 13.7. The molecule has 5 nitrogen and oxygen atoms in total. The third kappa shape index (κ3) is 3.55. The summed E-state index contributed by atoms with van der Waals surface area (Å²) >= 11 is 0. The van der Waals surface area contributed by atoms with Crippen LogP contribution in [0.25, 0.3) is 0 Å². The largest absolute Gasteiger partial charge is 0.471 e. The van der Waals surface area contributed by atoms with Crippen LogP contribution in [-0.2, 0) is 6.73 Å². The van der Waals surface area contributed by atoms with Crippen molar-refractivity contribution in [3.8, 4) is 5.75 Å². The van der Waals surface area contributed by atoms with Gasteiger partial charge < -0.3 is 9.64 Å². The molecule has 2 aromatic rings. The fourth-order valence-corrected chi connectivity index (χ4v) is 2.95. The molecule has 1 atom stereocenters. The van der Waals surface area contributed by atoms with E-state index in [0.29, 0.717) is 18.5 Å². The normalized spacial score (nSPS) is 18.0. The van der Waals surface area contributed by atoms with Crippen molar-refractivity contribution in [3.05, 3.63) is 47.8 Å². The molecule has 1 amide bonds. The van der Waals surface area contributed by atoms with Crippen LogP contribution in [-0.4, -0.2) is 33.2 Å². The lowest BCUT2D eigenvalue weighted by molar-refractivity contribution is 0.0627. The van der Waals surface area contributed by atoms with Gasteiger partial charge in [-0.25, -0.2) is 4.68 Å². The van der Waals surface area contributed by atoms with Gasteiger partial charge >= 0.3 is 0 Å². The van der Waals surface area contributed by atoms with Crippen LogP contribution < -0.4 is 4.74 Å². The topological polar surface area (TPSA) is 47.4 Å². The molecule has 1 aromatic heterocycles. The van der Waals surface area contributed by atoms with Gasteiger partial charge in [0.05, 0.1) is 0 Å². The number of hydrogen-bond acceptors (Lipinski definition) is 3. The first-order chi connectivity index (χ1) is 11.1. The van der Waals surface area contributed by atoms with Crippen molar-refractivity contribution in [3.63, 3.8) is 0 Å². The van der Waals surface area contributed by atoms with Crippen LogP contribution in [0.15, 0.2) is 36.5 Å². The second-order valence-corrected chi connectivity index (χ2v) is 6.12. The van der Waals surface area contributed by atoms with Gasteiger partial charge in [0.15, 0.2) is 12.4 Å². The number of aromatic nitrogens is 2. The number of nitrogens with zero attached hydrogens (tertiary/aromatic N) is 3. The number of rotatable bonds is 4. The second-order valence-electron chi connectivity index (χ2n) is 6.12. The Bertz CT molecular complexity index is 680. The van der Waals surface area contributed by atoms with Crippen molar-refractivity contribution >= 4 is 5.91 Å². The molecule has 2 heterocycles. The van der Waals surface area contributed by atoms with Crippen LogP contribution in [0.3, 0.4) is 0 Å². The number of ether oxygens (including phenoxy) is 1. The highest BCUT2D eigenvalue weighted by atomic mass is 16.5. The van der Waals surface area contributed by atoms with Crippen molar-refractivity contribution in [1.82, 2.24) is 14.7 Å². The van der Waals surface area contributed by atoms with Crippen LogP contribution >= 0.6 is 0 Å². The van der Waals surface area contributed by atoms with Gasteiger partial charge in [-0.05, 0) is 50.8 Å². The maximum atomic E-state index is 12.6. The predicted octanol–water partition coefficient (Wildman–Crippen LogP) is 3.24. The van der Waals surface area contributed by atoms with Crippen molar-refractivity contribution in [2.24, 2.45) is 0 Å². The van der Waals surface area contributed by atoms with E-state index in [2.05, 4.69) is 12.0 Å². The number of amides is 1. The maximum Gasteiger partial charge on any atom is 0.274 e. The standard InChI is InChI=1S/C18H23N3O2/c1-14-7-3-4-9-17(14)23-13-20-12-10-16(19-20)18(22)21-11-6-5-8-15(21)2/h3-4,7,9-10,12,15H,5-6,8,11,13H2,1-2H3/t15-/m0/s1. The fourth-order valence-electron chi connectivity index (χ4n) is 2.95. The molecule has 1 fully saturated rings. The molecule has 1 aliphatic heterocycles. The van der Waals surface area contributed by atoms with E-state index in [1.54, 1.807) is 16.9 Å². The molecular formula is C18H23N3O2. The molecule has 0 aliphatic carbocycles. The Labute approximate surface area is 136 Å². The Balaban J connectivity index is 1.63. The number of carbonyl (C=O) groups is 1. The van der Waals surface area contributed by atoms with Crippen molar-refractivity contribution in [1.29, 1.82) is 0 Å². The lowest BCUT2D eigenvalue weighted by Crippen LogP contribution is -2.42. The Kier molecular flexibility index (Phi) is 4.65. The van der Waals surface area contributed by atoms with E-state index in [4.69, 9.17) is 4.74 Å². The summed E-state index contributed by atoms with van der Waals surface area (Å²) in [5.41, 5.74) is 1.57. The van der Waals surface area contributed by atoms with Crippen LogP contribution in [0.5, 0.6) is 5.75 Å². The van der Waals surface area contributed by atoms with Gasteiger partial charge in [0.25, 0.3) is 5.91 Å². The lowest BCUT2D eigenvalue weighted by atomic mass is 10.0. The van der Waals surface area contributed by atoms with Crippen LogP contribution in [0.1, 0.15) is 42.2 Å². The molecule has 0 unspecified atom stereocenters. The number of aryl methyl sites for hydroxylation is 1. The summed E-state index contributed by atoms with van der Waals surface area (Å²) in [5, 5.41) is 4.37. The molecule has 0 radical (unpaired) electrons. The van der Waals surface area contributed by atoms with Gasteiger partial charge in [-0.1, -0.05) is 18.2 Å². The molecule has 0 spiro atoms. The van der Waals surface area contributed by atoms with E-state index < -0.39 is 0 Å². The van der Waals surface area contributed by atoms with E-state index in [9.17, 15) is 4.79 Å². The van der Waals surface area contributed by atoms with E-state index in [0.717, 1.165) is 30.7 Å². The Morgan fingerprint density at radius 2 is 2.13 bits per heavy atom. The van der Waals surface area contributed by atoms with Gasteiger partial charge in [0, 0.05) is 18.8 Å². The summed E-state index contributed by atoms with van der Waals surface area (Å²) < 4.78 is 7.42. The van der Waals surface area contributed by atoms with Gasteiger partial charge in [-0.2, -0.15) is 5.10 Å². The number of likely N-dealkylation sites (tertiary alicyclic amines) is 1. The smallest absolute Gasteiger partial charge is 0.274 e. The highest BCUT2D eigenvalue weighted by Crippen LogP contribution is 2.19. The SMILES string of the molecule is Cc1ccccc1OCn1ccc(C(=O)N2CCCC[C@@H]2C)n1. The average Bonchev–Trinajstić information content (AvgIpc) is 3.03. The molecule has 1 aliphatic rings. The molecule has 1 saturated heterocycles. The zero-order valence-electron chi connectivity index (χ0n) is 13.7. The van der Waals surface area contributed by atoms with E-state index in [-0.39, 0.29) is 5.91 Å². The summed E-state index contributed by atoms with van der Waals surface area (Å²) in [5.74, 6) is 0.854. The number of para-hydroxylation sites is 1. The Morgan fingerprint density at radius 1 is 1.30 bits per heavy atom. The second kappa shape index (κ2) is 6.86. The minimum atomic E-state index is 0.0202. The third-order valence-corrected chi connectivity index (χ3v) is 4.37. The molecular weight excluding hydrogens is 290 g/mol. The zero-order chi connectivity index (χ0) is 16.2. The summed E-state index contributed by atoms with van der Waals surface area (Å²) in [6.45, 7) is 5.24. The monoisotopic (exact) mass is 313 g/mol. The Hall–Kier alpha value is -2.30. The number of hydrogen-bond donors (Lipinski definition) is 0. The summed E-state index contributed by atoms with van der Waals surface area (Å²) in [7, 11) is 0. The summed E-state index contributed by atoms with van der Waals surface area (Å²) in [6.07, 6.45) is 5.14. The lowest BCUT2D eigenvalue weighted by Gasteiger charge is -2.32. The van der Waals surface area contributed by atoms with E-state index >= 15 is 0 Å². The number of carbonyl (C=O) groups excluding carboxylic acids is 1. The van der Waals surface area contributed by atoms with Crippen LogP contribution in [0.2, 0.25) is 0 Å². The number of benzene rings is 1. The predicted molar refractivity (Wildman–Crippen MR) is 88.4 cm³/mol. The van der Waals surface area contributed by atoms with E-state index in [1.165, 1.54) is 6.42 Å². The van der Waals surface area contributed by atoms with Crippen molar-refractivity contribution in [2.75, 3.05) is 6.54 Å². The van der Waals surface area contributed by atoms with Crippen LogP contribution in [0.4, 0.5) is 0 Å². The Morgan fingerprint density at radius 3 is 2.91 bits per heavy atom. The van der Waals surface area contributed by atoms with Gasteiger partial charge in [-0.15, -0.1) is 0 Å². The van der Waals surface area contributed by atoms with Gasteiger partial charge in [0.2, 0.25) is 0 Å². The first-order valence-corrected chi connectivity index (χ1v) is 8.18. The number of piperidine rings is 1. The summed E-state index contributed by atoms with van der Waals surface area (Å²) in [4.78, 5) is 14.5. The van der Waals surface area contributed by atoms with Crippen molar-refractivity contribution in [2.45, 2.75) is 45.9 Å². The average molecular weight is 313 g/mol. The third-order valence-electron chi connectivity index (χ3n) is 4.37. The maximum absolute atomic E-state index is 12.6. The molecule has 1 aromatic carbocycles. The first kappa shape index (κ1) is 15.6. The molecule has 3 rings (SSSR count). The quantitative estimate of drug-likeness (QED) is 0.870. The molecule has 122 valence electrons.